The number of methoxy groups -OCH3 is 2. The Morgan fingerprint density at radius 2 is 1.75 bits per heavy atom. The van der Waals surface area contributed by atoms with Crippen molar-refractivity contribution in [1.82, 2.24) is 0 Å². The Hall–Kier alpha value is -1.52. The van der Waals surface area contributed by atoms with Crippen LogP contribution in [-0.4, -0.2) is 19.3 Å². The number of benzene rings is 2. The van der Waals surface area contributed by atoms with Crippen LogP contribution in [0.1, 0.15) is 17.2 Å². The van der Waals surface area contributed by atoms with E-state index in [9.17, 15) is 5.11 Å². The summed E-state index contributed by atoms with van der Waals surface area (Å²) in [5.41, 5.74) is 1.79. The predicted octanol–water partition coefficient (Wildman–Crippen LogP) is 3.74. The first-order valence-corrected chi connectivity index (χ1v) is 7.07. The second-order valence-electron chi connectivity index (χ2n) is 4.45. The number of aliphatic hydroxyl groups excluding tert-OH is 1. The van der Waals surface area contributed by atoms with E-state index in [-0.39, 0.29) is 0 Å². The first-order valence-electron chi connectivity index (χ1n) is 6.28. The number of rotatable bonds is 5. The molecule has 1 unspecified atom stereocenters. The smallest absolute Gasteiger partial charge is 0.124 e. The first kappa shape index (κ1) is 14.9. The SMILES string of the molecule is COc1ccc(OC)c(C(O)Cc2ccc(Br)cc2)c1. The molecule has 0 saturated carbocycles. The van der Waals surface area contributed by atoms with Crippen molar-refractivity contribution in [2.24, 2.45) is 0 Å². The summed E-state index contributed by atoms with van der Waals surface area (Å²) >= 11 is 3.40. The van der Waals surface area contributed by atoms with Gasteiger partial charge in [-0.05, 0) is 35.9 Å². The van der Waals surface area contributed by atoms with Gasteiger partial charge in [-0.3, -0.25) is 0 Å². The van der Waals surface area contributed by atoms with E-state index in [1.54, 1.807) is 20.3 Å². The van der Waals surface area contributed by atoms with Gasteiger partial charge in [-0.2, -0.15) is 0 Å². The van der Waals surface area contributed by atoms with Crippen LogP contribution in [-0.2, 0) is 6.42 Å². The van der Waals surface area contributed by atoms with Gasteiger partial charge >= 0.3 is 0 Å². The van der Waals surface area contributed by atoms with Crippen LogP contribution < -0.4 is 9.47 Å². The van der Waals surface area contributed by atoms with Crippen molar-refractivity contribution in [3.63, 3.8) is 0 Å². The number of ether oxygens (including phenoxy) is 2. The zero-order valence-electron chi connectivity index (χ0n) is 11.5. The molecule has 0 aliphatic heterocycles. The Balaban J connectivity index is 2.23. The molecular weight excluding hydrogens is 320 g/mol. The van der Waals surface area contributed by atoms with Gasteiger partial charge in [-0.15, -0.1) is 0 Å². The maximum Gasteiger partial charge on any atom is 0.124 e. The molecule has 0 heterocycles. The molecule has 106 valence electrons. The molecule has 1 N–H and O–H groups in total. The molecule has 0 aliphatic rings. The van der Waals surface area contributed by atoms with Gasteiger partial charge in [0.2, 0.25) is 0 Å². The van der Waals surface area contributed by atoms with E-state index in [0.29, 0.717) is 17.9 Å². The Kier molecular flexibility index (Phi) is 5.04. The first-order chi connectivity index (χ1) is 9.63. The lowest BCUT2D eigenvalue weighted by molar-refractivity contribution is 0.173. The van der Waals surface area contributed by atoms with Crippen molar-refractivity contribution >= 4 is 15.9 Å². The summed E-state index contributed by atoms with van der Waals surface area (Å²) in [5, 5.41) is 10.4. The Morgan fingerprint density at radius 3 is 2.35 bits per heavy atom. The third-order valence-corrected chi connectivity index (χ3v) is 3.67. The molecule has 3 nitrogen and oxygen atoms in total. The summed E-state index contributed by atoms with van der Waals surface area (Å²) < 4.78 is 11.5. The van der Waals surface area contributed by atoms with Crippen molar-refractivity contribution in [2.45, 2.75) is 12.5 Å². The van der Waals surface area contributed by atoms with Gasteiger partial charge in [0.15, 0.2) is 0 Å². The Morgan fingerprint density at radius 1 is 1.05 bits per heavy atom. The van der Waals surface area contributed by atoms with E-state index < -0.39 is 6.10 Å². The highest BCUT2D eigenvalue weighted by Crippen LogP contribution is 2.31. The van der Waals surface area contributed by atoms with Gasteiger partial charge in [0, 0.05) is 16.5 Å². The summed E-state index contributed by atoms with van der Waals surface area (Å²) in [6.45, 7) is 0. The summed E-state index contributed by atoms with van der Waals surface area (Å²) in [5.74, 6) is 1.37. The minimum Gasteiger partial charge on any atom is -0.497 e. The number of hydrogen-bond acceptors (Lipinski definition) is 3. The average Bonchev–Trinajstić information content (AvgIpc) is 2.48. The molecular formula is C16H17BrO3. The zero-order chi connectivity index (χ0) is 14.5. The van der Waals surface area contributed by atoms with Crippen molar-refractivity contribution < 1.29 is 14.6 Å². The van der Waals surface area contributed by atoms with E-state index in [1.807, 2.05) is 36.4 Å². The van der Waals surface area contributed by atoms with Crippen LogP contribution in [0.4, 0.5) is 0 Å². The predicted molar refractivity (Wildman–Crippen MR) is 82.4 cm³/mol. The Labute approximate surface area is 127 Å². The van der Waals surface area contributed by atoms with Crippen LogP contribution in [0.2, 0.25) is 0 Å². The Bertz CT molecular complexity index is 566. The molecule has 1 atom stereocenters. The van der Waals surface area contributed by atoms with Gasteiger partial charge in [0.25, 0.3) is 0 Å². The van der Waals surface area contributed by atoms with E-state index in [4.69, 9.17) is 9.47 Å². The molecule has 2 aromatic rings. The highest BCUT2D eigenvalue weighted by molar-refractivity contribution is 9.10. The molecule has 0 saturated heterocycles. The lowest BCUT2D eigenvalue weighted by atomic mass is 10.0. The minimum absolute atomic E-state index is 0.525. The van der Waals surface area contributed by atoms with Gasteiger partial charge < -0.3 is 14.6 Å². The summed E-state index contributed by atoms with van der Waals surface area (Å²) in [4.78, 5) is 0. The fourth-order valence-corrected chi connectivity index (χ4v) is 2.32. The van der Waals surface area contributed by atoms with Crippen LogP contribution in [0, 0.1) is 0 Å². The topological polar surface area (TPSA) is 38.7 Å². The molecule has 0 amide bonds. The summed E-state index contributed by atoms with van der Waals surface area (Å²) in [6, 6.07) is 13.3. The monoisotopic (exact) mass is 336 g/mol. The quantitative estimate of drug-likeness (QED) is 0.903. The fraction of sp³-hybridized carbons (Fsp3) is 0.250. The van der Waals surface area contributed by atoms with E-state index >= 15 is 0 Å². The maximum atomic E-state index is 10.4. The number of halogens is 1. The second-order valence-corrected chi connectivity index (χ2v) is 5.37. The van der Waals surface area contributed by atoms with E-state index in [1.165, 1.54) is 0 Å². The normalized spacial score (nSPS) is 12.0. The molecule has 0 bridgehead atoms. The van der Waals surface area contributed by atoms with E-state index in [2.05, 4.69) is 15.9 Å². The minimum atomic E-state index is -0.638. The third-order valence-electron chi connectivity index (χ3n) is 3.14. The fourth-order valence-electron chi connectivity index (χ4n) is 2.05. The van der Waals surface area contributed by atoms with Crippen molar-refractivity contribution in [2.75, 3.05) is 14.2 Å². The van der Waals surface area contributed by atoms with Gasteiger partial charge in [0.05, 0.1) is 20.3 Å². The second kappa shape index (κ2) is 6.77. The highest BCUT2D eigenvalue weighted by atomic mass is 79.9. The van der Waals surface area contributed by atoms with Gasteiger partial charge in [0.1, 0.15) is 11.5 Å². The van der Waals surface area contributed by atoms with Crippen LogP contribution in [0.25, 0.3) is 0 Å². The highest BCUT2D eigenvalue weighted by Gasteiger charge is 2.15. The molecule has 0 aliphatic carbocycles. The molecule has 0 aromatic heterocycles. The van der Waals surface area contributed by atoms with Crippen molar-refractivity contribution in [1.29, 1.82) is 0 Å². The largest absolute Gasteiger partial charge is 0.497 e. The summed E-state index contributed by atoms with van der Waals surface area (Å²) in [6.07, 6.45) is -0.113. The molecule has 0 radical (unpaired) electrons. The standard InChI is InChI=1S/C16H17BrO3/c1-19-13-7-8-16(20-2)14(10-13)15(18)9-11-3-5-12(17)6-4-11/h3-8,10,15,18H,9H2,1-2H3. The molecule has 0 spiro atoms. The molecule has 0 fully saturated rings. The lowest BCUT2D eigenvalue weighted by Crippen LogP contribution is -2.04. The van der Waals surface area contributed by atoms with Crippen LogP contribution in [0.3, 0.4) is 0 Å². The van der Waals surface area contributed by atoms with Crippen LogP contribution in [0.5, 0.6) is 11.5 Å². The van der Waals surface area contributed by atoms with Crippen molar-refractivity contribution in [3.8, 4) is 11.5 Å². The van der Waals surface area contributed by atoms with Gasteiger partial charge in [-0.1, -0.05) is 28.1 Å². The van der Waals surface area contributed by atoms with Crippen LogP contribution in [0.15, 0.2) is 46.9 Å². The molecule has 2 rings (SSSR count). The molecule has 4 heteroatoms. The maximum absolute atomic E-state index is 10.4. The van der Waals surface area contributed by atoms with E-state index in [0.717, 1.165) is 15.6 Å². The van der Waals surface area contributed by atoms with Gasteiger partial charge in [-0.25, -0.2) is 0 Å². The van der Waals surface area contributed by atoms with Crippen LogP contribution >= 0.6 is 15.9 Å². The zero-order valence-corrected chi connectivity index (χ0v) is 13.1. The lowest BCUT2D eigenvalue weighted by Gasteiger charge is -2.16. The van der Waals surface area contributed by atoms with Crippen molar-refractivity contribution in [3.05, 3.63) is 58.1 Å². The third kappa shape index (κ3) is 3.52. The number of hydrogen-bond donors (Lipinski definition) is 1. The average molecular weight is 337 g/mol. The summed E-state index contributed by atoms with van der Waals surface area (Å²) in [7, 11) is 3.20. The number of aliphatic hydroxyl groups is 1. The molecule has 20 heavy (non-hydrogen) atoms. The molecule has 2 aromatic carbocycles.